The molecule has 0 saturated carbocycles. The van der Waals surface area contributed by atoms with E-state index in [1.807, 2.05) is 31.3 Å². The Bertz CT molecular complexity index is 476. The molecule has 1 unspecified atom stereocenters. The van der Waals surface area contributed by atoms with Gasteiger partial charge in [0.2, 0.25) is 5.91 Å². The van der Waals surface area contributed by atoms with Crippen LogP contribution in [0.5, 0.6) is 5.75 Å². The van der Waals surface area contributed by atoms with Crippen molar-refractivity contribution in [1.29, 1.82) is 0 Å². The van der Waals surface area contributed by atoms with Crippen molar-refractivity contribution >= 4 is 5.91 Å². The number of piperidine rings is 1. The number of amides is 1. The van der Waals surface area contributed by atoms with E-state index >= 15 is 0 Å². The second kappa shape index (κ2) is 7.46. The number of likely N-dealkylation sites (N-methyl/N-ethyl adjacent to an activating group) is 1. The van der Waals surface area contributed by atoms with Gasteiger partial charge in [0.1, 0.15) is 5.75 Å². The van der Waals surface area contributed by atoms with E-state index in [2.05, 4.69) is 11.8 Å². The van der Waals surface area contributed by atoms with Crippen LogP contribution in [0.15, 0.2) is 24.3 Å². The van der Waals surface area contributed by atoms with Gasteiger partial charge in [-0.1, -0.05) is 19.1 Å². The van der Waals surface area contributed by atoms with E-state index in [1.165, 1.54) is 12.8 Å². The van der Waals surface area contributed by atoms with Gasteiger partial charge in [-0.05, 0) is 43.0 Å². The molecule has 1 atom stereocenters. The van der Waals surface area contributed by atoms with Crippen molar-refractivity contribution in [3.8, 4) is 5.75 Å². The van der Waals surface area contributed by atoms with Crippen LogP contribution in [0.2, 0.25) is 0 Å². The highest BCUT2D eigenvalue weighted by Crippen LogP contribution is 2.16. The first-order valence-electron chi connectivity index (χ1n) is 7.67. The lowest BCUT2D eigenvalue weighted by Gasteiger charge is -2.31. The highest BCUT2D eigenvalue weighted by molar-refractivity contribution is 5.78. The van der Waals surface area contributed by atoms with Gasteiger partial charge in [0.15, 0.2) is 0 Å². The maximum absolute atomic E-state index is 12.3. The number of carbonyl (C=O) groups is 1. The number of likely N-dealkylation sites (tertiary alicyclic amines) is 1. The highest BCUT2D eigenvalue weighted by atomic mass is 16.5. The summed E-state index contributed by atoms with van der Waals surface area (Å²) in [6, 6.07) is 7.88. The minimum absolute atomic E-state index is 0.187. The lowest BCUT2D eigenvalue weighted by atomic mass is 10.0. The fraction of sp³-hybridized carbons (Fsp3) is 0.588. The third kappa shape index (κ3) is 4.74. The molecule has 4 nitrogen and oxygen atoms in total. The minimum Gasteiger partial charge on any atom is -0.497 e. The normalized spacial score (nSPS) is 19.3. The summed E-state index contributed by atoms with van der Waals surface area (Å²) in [5.74, 6) is 1.72. The van der Waals surface area contributed by atoms with Gasteiger partial charge in [-0.3, -0.25) is 9.69 Å². The van der Waals surface area contributed by atoms with Gasteiger partial charge in [-0.25, -0.2) is 0 Å². The van der Waals surface area contributed by atoms with Gasteiger partial charge in [-0.15, -0.1) is 0 Å². The Morgan fingerprint density at radius 2 is 2.29 bits per heavy atom. The Labute approximate surface area is 127 Å². The van der Waals surface area contributed by atoms with Gasteiger partial charge < -0.3 is 9.64 Å². The molecule has 1 aromatic carbocycles. The molecule has 1 aliphatic rings. The van der Waals surface area contributed by atoms with Crippen molar-refractivity contribution in [3.05, 3.63) is 29.8 Å². The molecule has 0 aliphatic carbocycles. The zero-order valence-corrected chi connectivity index (χ0v) is 13.3. The Morgan fingerprint density at radius 3 is 3.00 bits per heavy atom. The number of ether oxygens (including phenoxy) is 1. The van der Waals surface area contributed by atoms with Crippen molar-refractivity contribution in [2.45, 2.75) is 26.3 Å². The van der Waals surface area contributed by atoms with E-state index in [0.29, 0.717) is 19.0 Å². The molecule has 0 N–H and O–H groups in total. The second-order valence-electron chi connectivity index (χ2n) is 6.08. The smallest absolute Gasteiger partial charge is 0.236 e. The van der Waals surface area contributed by atoms with Crippen LogP contribution < -0.4 is 4.74 Å². The molecule has 0 spiro atoms. The number of carbonyl (C=O) groups excluding carboxylic acids is 1. The van der Waals surface area contributed by atoms with E-state index in [1.54, 1.807) is 12.0 Å². The summed E-state index contributed by atoms with van der Waals surface area (Å²) in [7, 11) is 3.53. The second-order valence-corrected chi connectivity index (χ2v) is 6.08. The lowest BCUT2D eigenvalue weighted by molar-refractivity contribution is -0.132. The van der Waals surface area contributed by atoms with Gasteiger partial charge in [0.25, 0.3) is 0 Å². The van der Waals surface area contributed by atoms with E-state index in [-0.39, 0.29) is 5.91 Å². The average molecular weight is 290 g/mol. The average Bonchev–Trinajstić information content (AvgIpc) is 2.47. The van der Waals surface area contributed by atoms with Crippen molar-refractivity contribution in [2.75, 3.05) is 33.8 Å². The first-order chi connectivity index (χ1) is 10.1. The fourth-order valence-corrected chi connectivity index (χ4v) is 2.88. The van der Waals surface area contributed by atoms with Crippen LogP contribution in [-0.2, 0) is 11.3 Å². The molecule has 1 heterocycles. The number of hydrogen-bond acceptors (Lipinski definition) is 3. The fourth-order valence-electron chi connectivity index (χ4n) is 2.88. The van der Waals surface area contributed by atoms with Crippen LogP contribution in [-0.4, -0.2) is 49.5 Å². The Balaban J connectivity index is 1.86. The monoisotopic (exact) mass is 290 g/mol. The molecule has 1 saturated heterocycles. The number of benzene rings is 1. The number of nitrogens with zero attached hydrogens (tertiary/aromatic N) is 2. The topological polar surface area (TPSA) is 32.8 Å². The summed E-state index contributed by atoms with van der Waals surface area (Å²) in [5, 5.41) is 0. The number of methoxy groups -OCH3 is 1. The van der Waals surface area contributed by atoms with Crippen LogP contribution in [0, 0.1) is 5.92 Å². The van der Waals surface area contributed by atoms with Gasteiger partial charge in [0, 0.05) is 20.1 Å². The molecule has 0 aromatic heterocycles. The third-order valence-corrected chi connectivity index (χ3v) is 4.08. The van der Waals surface area contributed by atoms with Crippen molar-refractivity contribution in [1.82, 2.24) is 9.80 Å². The molecular formula is C17H26N2O2. The largest absolute Gasteiger partial charge is 0.497 e. The third-order valence-electron chi connectivity index (χ3n) is 4.08. The summed E-state index contributed by atoms with van der Waals surface area (Å²) in [6.45, 7) is 5.50. The van der Waals surface area contributed by atoms with E-state index < -0.39 is 0 Å². The summed E-state index contributed by atoms with van der Waals surface area (Å²) in [6.07, 6.45) is 2.48. The van der Waals surface area contributed by atoms with Gasteiger partial charge >= 0.3 is 0 Å². The Kier molecular flexibility index (Phi) is 5.62. The molecule has 0 bridgehead atoms. The van der Waals surface area contributed by atoms with Crippen LogP contribution in [0.25, 0.3) is 0 Å². The highest BCUT2D eigenvalue weighted by Gasteiger charge is 2.20. The molecule has 4 heteroatoms. The lowest BCUT2D eigenvalue weighted by Crippen LogP contribution is -2.42. The molecule has 1 aliphatic heterocycles. The molecule has 2 rings (SSSR count). The van der Waals surface area contributed by atoms with Gasteiger partial charge in [0.05, 0.1) is 13.7 Å². The van der Waals surface area contributed by atoms with E-state index in [9.17, 15) is 4.79 Å². The minimum atomic E-state index is 0.187. The Morgan fingerprint density at radius 1 is 1.48 bits per heavy atom. The molecule has 21 heavy (non-hydrogen) atoms. The van der Waals surface area contributed by atoms with Crippen LogP contribution in [0.1, 0.15) is 25.3 Å². The van der Waals surface area contributed by atoms with E-state index in [0.717, 1.165) is 24.4 Å². The Hall–Kier alpha value is -1.55. The zero-order chi connectivity index (χ0) is 15.2. The maximum Gasteiger partial charge on any atom is 0.236 e. The first kappa shape index (κ1) is 15.8. The predicted molar refractivity (Wildman–Crippen MR) is 84.3 cm³/mol. The summed E-state index contributed by atoms with van der Waals surface area (Å²) < 4.78 is 5.22. The molecular weight excluding hydrogens is 264 g/mol. The van der Waals surface area contributed by atoms with Crippen LogP contribution in [0.4, 0.5) is 0 Å². The van der Waals surface area contributed by atoms with Crippen molar-refractivity contribution < 1.29 is 9.53 Å². The van der Waals surface area contributed by atoms with Crippen LogP contribution in [0.3, 0.4) is 0 Å². The zero-order valence-electron chi connectivity index (χ0n) is 13.3. The number of rotatable bonds is 5. The van der Waals surface area contributed by atoms with Gasteiger partial charge in [-0.2, -0.15) is 0 Å². The molecule has 0 radical (unpaired) electrons. The first-order valence-corrected chi connectivity index (χ1v) is 7.67. The van der Waals surface area contributed by atoms with Crippen molar-refractivity contribution in [3.63, 3.8) is 0 Å². The maximum atomic E-state index is 12.3. The molecule has 1 amide bonds. The SMILES string of the molecule is COc1cccc(CN(C)C(=O)CN2CCCC(C)C2)c1. The predicted octanol–water partition coefficient (Wildman–Crippen LogP) is 2.39. The molecule has 1 aromatic rings. The summed E-state index contributed by atoms with van der Waals surface area (Å²) in [5.41, 5.74) is 1.09. The van der Waals surface area contributed by atoms with Crippen molar-refractivity contribution in [2.24, 2.45) is 5.92 Å². The van der Waals surface area contributed by atoms with E-state index in [4.69, 9.17) is 4.74 Å². The quantitative estimate of drug-likeness (QED) is 0.835. The standard InChI is InChI=1S/C17H26N2O2/c1-14-6-5-9-19(11-14)13-17(20)18(2)12-15-7-4-8-16(10-15)21-3/h4,7-8,10,14H,5-6,9,11-13H2,1-3H3. The summed E-state index contributed by atoms with van der Waals surface area (Å²) >= 11 is 0. The summed E-state index contributed by atoms with van der Waals surface area (Å²) in [4.78, 5) is 16.4. The number of hydrogen-bond donors (Lipinski definition) is 0. The molecule has 1 fully saturated rings. The molecule has 116 valence electrons. The van der Waals surface area contributed by atoms with Crippen LogP contribution >= 0.6 is 0 Å².